The monoisotopic (exact) mass is 390 g/mol. The third-order valence-corrected chi connectivity index (χ3v) is 5.09. The van der Waals surface area contributed by atoms with Gasteiger partial charge in [0, 0.05) is 10.7 Å². The lowest BCUT2D eigenvalue weighted by Gasteiger charge is -2.08. The van der Waals surface area contributed by atoms with Crippen molar-refractivity contribution in [1.82, 2.24) is 14.8 Å². The van der Waals surface area contributed by atoms with Crippen molar-refractivity contribution in [3.63, 3.8) is 0 Å². The Morgan fingerprint density at radius 3 is 2.73 bits per heavy atom. The zero-order chi connectivity index (χ0) is 18.7. The number of hydrogen-bond acceptors (Lipinski definition) is 4. The Morgan fingerprint density at radius 1 is 1.23 bits per heavy atom. The van der Waals surface area contributed by atoms with Crippen LogP contribution >= 0.6 is 23.4 Å². The van der Waals surface area contributed by atoms with Crippen LogP contribution in [0.3, 0.4) is 0 Å². The van der Waals surface area contributed by atoms with Crippen molar-refractivity contribution in [2.45, 2.75) is 19.0 Å². The van der Waals surface area contributed by atoms with Crippen molar-refractivity contribution >= 4 is 35.0 Å². The van der Waals surface area contributed by atoms with Gasteiger partial charge >= 0.3 is 0 Å². The van der Waals surface area contributed by atoms with E-state index < -0.39 is 0 Å². The highest BCUT2D eigenvalue weighted by molar-refractivity contribution is 7.99. The quantitative estimate of drug-likeness (QED) is 0.655. The van der Waals surface area contributed by atoms with Gasteiger partial charge in [-0.15, -0.1) is 10.2 Å². The summed E-state index contributed by atoms with van der Waals surface area (Å²) >= 11 is 7.40. The number of rotatable bonds is 5. The van der Waals surface area contributed by atoms with E-state index in [1.807, 2.05) is 25.1 Å². The van der Waals surface area contributed by atoms with Crippen LogP contribution in [-0.2, 0) is 4.79 Å². The molecule has 1 aromatic heterocycles. The van der Waals surface area contributed by atoms with Crippen LogP contribution in [0.4, 0.5) is 10.1 Å². The minimum absolute atomic E-state index is 0.119. The van der Waals surface area contributed by atoms with Gasteiger partial charge in [-0.3, -0.25) is 9.36 Å². The van der Waals surface area contributed by atoms with Crippen molar-refractivity contribution in [2.75, 3.05) is 11.1 Å². The normalized spacial score (nSPS) is 10.8. The first-order chi connectivity index (χ1) is 12.4. The van der Waals surface area contributed by atoms with Crippen LogP contribution in [0.15, 0.2) is 47.9 Å². The molecule has 2 aromatic carbocycles. The number of nitrogens with zero attached hydrogens (tertiary/aromatic N) is 3. The lowest BCUT2D eigenvalue weighted by Crippen LogP contribution is -2.14. The summed E-state index contributed by atoms with van der Waals surface area (Å²) in [6.45, 7) is 3.59. The molecule has 134 valence electrons. The third kappa shape index (κ3) is 4.23. The number of aryl methyl sites for hydroxylation is 2. The maximum atomic E-state index is 13.6. The second-order valence-electron chi connectivity index (χ2n) is 5.72. The Morgan fingerprint density at radius 2 is 2.00 bits per heavy atom. The van der Waals surface area contributed by atoms with Crippen LogP contribution in [0.1, 0.15) is 11.1 Å². The van der Waals surface area contributed by atoms with Gasteiger partial charge in [0.15, 0.2) is 5.16 Å². The largest absolute Gasteiger partial charge is 0.325 e. The molecule has 0 aliphatic rings. The van der Waals surface area contributed by atoms with E-state index in [4.69, 9.17) is 11.6 Å². The predicted molar refractivity (Wildman–Crippen MR) is 102 cm³/mol. The summed E-state index contributed by atoms with van der Waals surface area (Å²) in [4.78, 5) is 12.1. The van der Waals surface area contributed by atoms with Gasteiger partial charge in [-0.25, -0.2) is 4.39 Å². The fourth-order valence-corrected chi connectivity index (χ4v) is 3.13. The molecular weight excluding hydrogens is 375 g/mol. The number of carbonyl (C=O) groups is 1. The summed E-state index contributed by atoms with van der Waals surface area (Å²) in [6.07, 6.45) is 1.57. The van der Waals surface area contributed by atoms with Gasteiger partial charge in [-0.2, -0.15) is 0 Å². The van der Waals surface area contributed by atoms with Gasteiger partial charge in [-0.05, 0) is 49.2 Å². The molecule has 1 amide bonds. The average Bonchev–Trinajstić information content (AvgIpc) is 3.07. The molecule has 5 nitrogen and oxygen atoms in total. The SMILES string of the molecule is Cc1ccc(NC(=O)CSc2nncn2-c2ccc(C)c(Cl)c2)cc1F. The first kappa shape index (κ1) is 18.4. The summed E-state index contributed by atoms with van der Waals surface area (Å²) in [5.41, 5.74) is 2.74. The summed E-state index contributed by atoms with van der Waals surface area (Å²) in [5.74, 6) is -0.491. The van der Waals surface area contributed by atoms with E-state index in [9.17, 15) is 9.18 Å². The molecule has 0 fully saturated rings. The molecule has 0 bridgehead atoms. The van der Waals surface area contributed by atoms with Crippen LogP contribution in [0, 0.1) is 19.7 Å². The number of halogens is 2. The first-order valence-corrected chi connectivity index (χ1v) is 9.16. The number of hydrogen-bond donors (Lipinski definition) is 1. The molecule has 0 unspecified atom stereocenters. The fourth-order valence-electron chi connectivity index (χ4n) is 2.23. The van der Waals surface area contributed by atoms with Gasteiger partial charge in [0.25, 0.3) is 0 Å². The lowest BCUT2D eigenvalue weighted by molar-refractivity contribution is -0.113. The van der Waals surface area contributed by atoms with E-state index in [0.717, 1.165) is 11.3 Å². The molecule has 0 atom stereocenters. The Bertz CT molecular complexity index is 960. The van der Waals surface area contributed by atoms with Crippen molar-refractivity contribution in [2.24, 2.45) is 0 Å². The second kappa shape index (κ2) is 7.88. The maximum Gasteiger partial charge on any atom is 0.234 e. The standard InChI is InChI=1S/C18H16ClFN4OS/c1-11-4-6-14(8-15(11)19)24-10-21-23-18(24)26-9-17(25)22-13-5-3-12(2)16(20)7-13/h3-8,10H,9H2,1-2H3,(H,22,25). The summed E-state index contributed by atoms with van der Waals surface area (Å²) in [5, 5.41) is 11.8. The first-order valence-electron chi connectivity index (χ1n) is 7.79. The zero-order valence-corrected chi connectivity index (χ0v) is 15.7. The number of carbonyl (C=O) groups excluding carboxylic acids is 1. The van der Waals surface area contributed by atoms with E-state index in [1.54, 1.807) is 30.0 Å². The van der Waals surface area contributed by atoms with E-state index in [2.05, 4.69) is 15.5 Å². The highest BCUT2D eigenvalue weighted by atomic mass is 35.5. The van der Waals surface area contributed by atoms with Crippen LogP contribution in [0.2, 0.25) is 5.02 Å². The lowest BCUT2D eigenvalue weighted by atomic mass is 10.2. The summed E-state index contributed by atoms with van der Waals surface area (Å²) in [7, 11) is 0. The van der Waals surface area contributed by atoms with Crippen LogP contribution in [0.25, 0.3) is 5.69 Å². The molecule has 0 aliphatic heterocycles. The van der Waals surface area contributed by atoms with E-state index in [1.165, 1.54) is 17.8 Å². The number of anilines is 1. The molecule has 0 radical (unpaired) electrons. The van der Waals surface area contributed by atoms with Crippen molar-refractivity contribution < 1.29 is 9.18 Å². The van der Waals surface area contributed by atoms with Gasteiger partial charge in [0.1, 0.15) is 12.1 Å². The smallest absolute Gasteiger partial charge is 0.234 e. The molecule has 1 heterocycles. The topological polar surface area (TPSA) is 59.8 Å². The van der Waals surface area contributed by atoms with E-state index >= 15 is 0 Å². The van der Waals surface area contributed by atoms with E-state index in [-0.39, 0.29) is 17.5 Å². The minimum atomic E-state index is -0.355. The fraction of sp³-hybridized carbons (Fsp3) is 0.167. The number of nitrogens with one attached hydrogen (secondary N) is 1. The van der Waals surface area contributed by atoms with Crippen molar-refractivity contribution in [3.8, 4) is 5.69 Å². The van der Waals surface area contributed by atoms with Gasteiger partial charge in [0.05, 0.1) is 11.4 Å². The number of amides is 1. The van der Waals surface area contributed by atoms with Gasteiger partial charge in [0.2, 0.25) is 5.91 Å². The molecule has 0 aliphatic carbocycles. The Balaban J connectivity index is 1.66. The van der Waals surface area contributed by atoms with Crippen LogP contribution in [-0.4, -0.2) is 26.4 Å². The molecule has 0 saturated heterocycles. The Labute approximate surface area is 159 Å². The molecule has 0 spiro atoms. The third-order valence-electron chi connectivity index (χ3n) is 3.74. The molecule has 3 rings (SSSR count). The Hall–Kier alpha value is -2.38. The Kier molecular flexibility index (Phi) is 5.58. The molecule has 0 saturated carbocycles. The van der Waals surface area contributed by atoms with Crippen molar-refractivity contribution in [1.29, 1.82) is 0 Å². The molecule has 1 N–H and O–H groups in total. The second-order valence-corrected chi connectivity index (χ2v) is 7.07. The molecular formula is C18H16ClFN4OS. The molecule has 8 heteroatoms. The summed E-state index contributed by atoms with van der Waals surface area (Å²) < 4.78 is 15.3. The van der Waals surface area contributed by atoms with E-state index in [0.29, 0.717) is 21.4 Å². The van der Waals surface area contributed by atoms with Gasteiger partial charge < -0.3 is 5.32 Å². The van der Waals surface area contributed by atoms with Crippen molar-refractivity contribution in [3.05, 3.63) is 64.7 Å². The highest BCUT2D eigenvalue weighted by Crippen LogP contribution is 2.24. The summed E-state index contributed by atoms with van der Waals surface area (Å²) in [6, 6.07) is 10.2. The molecule has 26 heavy (non-hydrogen) atoms. The number of aromatic nitrogens is 3. The average molecular weight is 391 g/mol. The highest BCUT2D eigenvalue weighted by Gasteiger charge is 2.11. The number of thioether (sulfide) groups is 1. The maximum absolute atomic E-state index is 13.6. The van der Waals surface area contributed by atoms with Crippen LogP contribution < -0.4 is 5.32 Å². The zero-order valence-electron chi connectivity index (χ0n) is 14.2. The molecule has 3 aromatic rings. The van der Waals surface area contributed by atoms with Crippen LogP contribution in [0.5, 0.6) is 0 Å². The number of benzene rings is 2. The minimum Gasteiger partial charge on any atom is -0.325 e. The van der Waals surface area contributed by atoms with Gasteiger partial charge in [-0.1, -0.05) is 35.5 Å². The predicted octanol–water partition coefficient (Wildman–Crippen LogP) is 4.41.